The van der Waals surface area contributed by atoms with E-state index in [1.54, 1.807) is 9.58 Å². The SMILES string of the molecule is C#CCN(CC)C(=O)Cn1nc(C)cc1C. The number of carbonyl (C=O) groups is 1. The largest absolute Gasteiger partial charge is 0.330 e. The Hall–Kier alpha value is -1.76. The Balaban J connectivity index is 2.70. The molecule has 1 rings (SSSR count). The molecule has 0 aliphatic rings. The summed E-state index contributed by atoms with van der Waals surface area (Å²) in [5.41, 5.74) is 1.91. The van der Waals surface area contributed by atoms with Crippen LogP contribution in [0.25, 0.3) is 0 Å². The maximum absolute atomic E-state index is 11.9. The van der Waals surface area contributed by atoms with Gasteiger partial charge in [-0.1, -0.05) is 5.92 Å². The van der Waals surface area contributed by atoms with Crippen molar-refractivity contribution < 1.29 is 4.79 Å². The minimum Gasteiger partial charge on any atom is -0.330 e. The maximum Gasteiger partial charge on any atom is 0.245 e. The minimum absolute atomic E-state index is 0.00616. The number of hydrogen-bond acceptors (Lipinski definition) is 2. The molecule has 0 saturated heterocycles. The van der Waals surface area contributed by atoms with Gasteiger partial charge in [-0.3, -0.25) is 9.48 Å². The van der Waals surface area contributed by atoms with Gasteiger partial charge in [0.2, 0.25) is 5.91 Å². The van der Waals surface area contributed by atoms with Crippen LogP contribution in [0, 0.1) is 26.2 Å². The molecule has 4 nitrogen and oxygen atoms in total. The molecule has 0 unspecified atom stereocenters. The van der Waals surface area contributed by atoms with Crippen molar-refractivity contribution in [3.63, 3.8) is 0 Å². The van der Waals surface area contributed by atoms with E-state index in [0.717, 1.165) is 11.4 Å². The second-order valence-electron chi connectivity index (χ2n) is 3.70. The first kappa shape index (κ1) is 12.3. The van der Waals surface area contributed by atoms with Gasteiger partial charge in [-0.15, -0.1) is 6.42 Å². The van der Waals surface area contributed by atoms with Crippen LogP contribution in [0.15, 0.2) is 6.07 Å². The smallest absolute Gasteiger partial charge is 0.245 e. The number of amides is 1. The van der Waals surface area contributed by atoms with Crippen LogP contribution < -0.4 is 0 Å². The highest BCUT2D eigenvalue weighted by molar-refractivity contribution is 5.76. The van der Waals surface area contributed by atoms with Crippen LogP contribution in [0.1, 0.15) is 18.3 Å². The molecule has 0 aliphatic carbocycles. The molecule has 1 aromatic heterocycles. The van der Waals surface area contributed by atoms with Gasteiger partial charge in [0.05, 0.1) is 12.2 Å². The second kappa shape index (κ2) is 5.36. The Morgan fingerprint density at radius 1 is 1.62 bits per heavy atom. The summed E-state index contributed by atoms with van der Waals surface area (Å²) >= 11 is 0. The first-order valence-electron chi connectivity index (χ1n) is 5.30. The molecule has 0 aromatic carbocycles. The van der Waals surface area contributed by atoms with E-state index in [4.69, 9.17) is 6.42 Å². The number of nitrogens with zero attached hydrogens (tertiary/aromatic N) is 3. The van der Waals surface area contributed by atoms with E-state index in [0.29, 0.717) is 13.1 Å². The monoisotopic (exact) mass is 219 g/mol. The zero-order chi connectivity index (χ0) is 12.1. The second-order valence-corrected chi connectivity index (χ2v) is 3.70. The molecule has 1 amide bonds. The van der Waals surface area contributed by atoms with E-state index in [-0.39, 0.29) is 12.5 Å². The summed E-state index contributed by atoms with van der Waals surface area (Å²) in [5, 5.41) is 4.24. The molecule has 4 heteroatoms. The van der Waals surface area contributed by atoms with E-state index >= 15 is 0 Å². The molecule has 16 heavy (non-hydrogen) atoms. The number of terminal acetylenes is 1. The fourth-order valence-electron chi connectivity index (χ4n) is 1.55. The Bertz CT molecular complexity index is 414. The topological polar surface area (TPSA) is 38.1 Å². The quantitative estimate of drug-likeness (QED) is 0.708. The average molecular weight is 219 g/mol. The summed E-state index contributed by atoms with van der Waals surface area (Å²) in [6.07, 6.45) is 5.20. The van der Waals surface area contributed by atoms with Crippen molar-refractivity contribution in [3.8, 4) is 12.3 Å². The lowest BCUT2D eigenvalue weighted by Crippen LogP contribution is -2.34. The van der Waals surface area contributed by atoms with Gasteiger partial charge < -0.3 is 4.90 Å². The Labute approximate surface area is 96.2 Å². The van der Waals surface area contributed by atoms with Gasteiger partial charge in [-0.2, -0.15) is 5.10 Å². The van der Waals surface area contributed by atoms with Crippen molar-refractivity contribution in [2.45, 2.75) is 27.3 Å². The van der Waals surface area contributed by atoms with Crippen molar-refractivity contribution in [1.82, 2.24) is 14.7 Å². The van der Waals surface area contributed by atoms with Crippen molar-refractivity contribution >= 4 is 5.91 Å². The fraction of sp³-hybridized carbons (Fsp3) is 0.500. The zero-order valence-corrected chi connectivity index (χ0v) is 10.0. The highest BCUT2D eigenvalue weighted by Crippen LogP contribution is 2.02. The lowest BCUT2D eigenvalue weighted by Gasteiger charge is -2.18. The Kier molecular flexibility index (Phi) is 4.12. The zero-order valence-electron chi connectivity index (χ0n) is 10.0. The minimum atomic E-state index is 0.00616. The predicted molar refractivity (Wildman–Crippen MR) is 62.8 cm³/mol. The van der Waals surface area contributed by atoms with Crippen molar-refractivity contribution in [2.75, 3.05) is 13.1 Å². The van der Waals surface area contributed by atoms with E-state index in [1.807, 2.05) is 26.8 Å². The lowest BCUT2D eigenvalue weighted by atomic mass is 10.4. The van der Waals surface area contributed by atoms with Crippen LogP contribution in [0.4, 0.5) is 0 Å². The highest BCUT2D eigenvalue weighted by Gasteiger charge is 2.12. The van der Waals surface area contributed by atoms with Gasteiger partial charge >= 0.3 is 0 Å². The third-order valence-corrected chi connectivity index (χ3v) is 2.40. The van der Waals surface area contributed by atoms with Crippen molar-refractivity contribution in [1.29, 1.82) is 0 Å². The van der Waals surface area contributed by atoms with E-state index in [9.17, 15) is 4.79 Å². The van der Waals surface area contributed by atoms with E-state index in [1.165, 1.54) is 0 Å². The Morgan fingerprint density at radius 3 is 2.75 bits per heavy atom. The average Bonchev–Trinajstić information content (AvgIpc) is 2.53. The summed E-state index contributed by atoms with van der Waals surface area (Å²) in [7, 11) is 0. The number of hydrogen-bond donors (Lipinski definition) is 0. The predicted octanol–water partition coefficient (Wildman–Crippen LogP) is 0.982. The number of likely N-dealkylation sites (N-methyl/N-ethyl adjacent to an activating group) is 1. The molecule has 1 aromatic rings. The van der Waals surface area contributed by atoms with Crippen LogP contribution >= 0.6 is 0 Å². The summed E-state index contributed by atoms with van der Waals surface area (Å²) in [4.78, 5) is 13.5. The van der Waals surface area contributed by atoms with Gasteiger partial charge in [0.15, 0.2) is 0 Å². The molecule has 1 heterocycles. The highest BCUT2D eigenvalue weighted by atomic mass is 16.2. The molecule has 0 N–H and O–H groups in total. The molecule has 86 valence electrons. The van der Waals surface area contributed by atoms with Crippen LogP contribution in [0.3, 0.4) is 0 Å². The summed E-state index contributed by atoms with van der Waals surface area (Å²) < 4.78 is 1.71. The van der Waals surface area contributed by atoms with Gasteiger partial charge in [0, 0.05) is 12.2 Å². The molecule has 0 atom stereocenters. The molecule has 0 bridgehead atoms. The fourth-order valence-corrected chi connectivity index (χ4v) is 1.55. The molecule has 0 spiro atoms. The first-order valence-corrected chi connectivity index (χ1v) is 5.30. The van der Waals surface area contributed by atoms with Gasteiger partial charge in [-0.25, -0.2) is 0 Å². The maximum atomic E-state index is 11.9. The molecular weight excluding hydrogens is 202 g/mol. The third kappa shape index (κ3) is 2.86. The van der Waals surface area contributed by atoms with Crippen molar-refractivity contribution in [2.24, 2.45) is 0 Å². The summed E-state index contributed by atoms with van der Waals surface area (Å²) in [5.74, 6) is 2.49. The van der Waals surface area contributed by atoms with Gasteiger partial charge in [0.1, 0.15) is 6.54 Å². The van der Waals surface area contributed by atoms with E-state index in [2.05, 4.69) is 11.0 Å². The van der Waals surface area contributed by atoms with Crippen LogP contribution in [-0.4, -0.2) is 33.7 Å². The van der Waals surface area contributed by atoms with E-state index < -0.39 is 0 Å². The lowest BCUT2D eigenvalue weighted by molar-refractivity contribution is -0.131. The molecule has 0 aliphatic heterocycles. The summed E-state index contributed by atoms with van der Waals surface area (Å²) in [6, 6.07) is 1.95. The van der Waals surface area contributed by atoms with Crippen LogP contribution in [0.2, 0.25) is 0 Å². The van der Waals surface area contributed by atoms with Crippen LogP contribution in [0.5, 0.6) is 0 Å². The number of rotatable bonds is 4. The third-order valence-electron chi connectivity index (χ3n) is 2.40. The normalized spacial score (nSPS) is 9.88. The molecular formula is C12H17N3O. The van der Waals surface area contributed by atoms with Gasteiger partial charge in [-0.05, 0) is 26.8 Å². The van der Waals surface area contributed by atoms with Crippen molar-refractivity contribution in [3.05, 3.63) is 17.5 Å². The first-order chi connectivity index (χ1) is 7.58. The number of carbonyl (C=O) groups excluding carboxylic acids is 1. The standard InChI is InChI=1S/C12H17N3O/c1-5-7-14(6-2)12(16)9-15-11(4)8-10(3)13-15/h1,8H,6-7,9H2,2-4H3. The molecule has 0 fully saturated rings. The molecule has 0 saturated carbocycles. The number of aryl methyl sites for hydroxylation is 2. The number of aromatic nitrogens is 2. The van der Waals surface area contributed by atoms with Crippen LogP contribution in [-0.2, 0) is 11.3 Å². The molecule has 0 radical (unpaired) electrons. The van der Waals surface area contributed by atoms with Gasteiger partial charge in [0.25, 0.3) is 0 Å². The summed E-state index contributed by atoms with van der Waals surface area (Å²) in [6.45, 7) is 7.00. The Morgan fingerprint density at radius 2 is 2.31 bits per heavy atom.